The van der Waals surface area contributed by atoms with Crippen molar-refractivity contribution >= 4 is 25.7 Å². The van der Waals surface area contributed by atoms with Crippen LogP contribution in [0.25, 0.3) is 0 Å². The molecule has 0 spiro atoms. The van der Waals surface area contributed by atoms with Crippen LogP contribution in [0, 0.1) is 11.6 Å². The van der Waals surface area contributed by atoms with Crippen LogP contribution < -0.4 is 4.74 Å². The number of hydrogen-bond acceptors (Lipinski definition) is 4. The molecule has 0 radical (unpaired) electrons. The molecule has 4 nitrogen and oxygen atoms in total. The monoisotopic (exact) mass is 390 g/mol. The van der Waals surface area contributed by atoms with Crippen molar-refractivity contribution in [2.75, 3.05) is 13.3 Å². The fourth-order valence-electron chi connectivity index (χ4n) is 1.69. The molecule has 1 atom stereocenters. The molecule has 0 saturated heterocycles. The molecular weight excluding hydrogens is 378 g/mol. The van der Waals surface area contributed by atoms with Gasteiger partial charge in [0.1, 0.15) is 22.8 Å². The summed E-state index contributed by atoms with van der Waals surface area (Å²) in [5.41, 5.74) is 0.462. The average molecular weight is 391 g/mol. The molecule has 2 aromatic rings. The van der Waals surface area contributed by atoms with Crippen LogP contribution in [0.3, 0.4) is 0 Å². The van der Waals surface area contributed by atoms with E-state index in [0.29, 0.717) is 10.2 Å². The highest BCUT2D eigenvalue weighted by Crippen LogP contribution is 2.24. The van der Waals surface area contributed by atoms with Crippen molar-refractivity contribution in [1.29, 1.82) is 0 Å². The van der Waals surface area contributed by atoms with Gasteiger partial charge in [0.25, 0.3) is 0 Å². The predicted octanol–water partition coefficient (Wildman–Crippen LogP) is 3.79. The number of hydrogen-bond donors (Lipinski definition) is 0. The molecule has 0 aliphatic carbocycles. The Balaban J connectivity index is 2.27. The maximum atomic E-state index is 13.7. The summed E-state index contributed by atoms with van der Waals surface area (Å²) in [5, 5.41) is 0. The third-order valence-electron chi connectivity index (χ3n) is 2.88. The van der Waals surface area contributed by atoms with Crippen LogP contribution in [-0.4, -0.2) is 22.5 Å². The largest absolute Gasteiger partial charge is 0.486 e. The SMILES string of the molecule is CN=S(C)(=O)c1cc(F)cc(COc2cc(F)cnc2Br)c1. The zero-order valence-corrected chi connectivity index (χ0v) is 14.2. The van der Waals surface area contributed by atoms with Gasteiger partial charge in [-0.15, -0.1) is 0 Å². The fraction of sp³-hybridized carbons (Fsp3) is 0.214. The standard InChI is InChI=1S/C14H13BrF2N2O2S/c1-18-22(2,20)12-4-9(3-10(16)5-12)8-21-13-6-11(17)7-19-14(13)15/h3-7H,8H2,1-2H3. The molecule has 8 heteroatoms. The molecule has 0 bridgehead atoms. The lowest BCUT2D eigenvalue weighted by Crippen LogP contribution is -2.03. The van der Waals surface area contributed by atoms with Gasteiger partial charge in [0.2, 0.25) is 0 Å². The van der Waals surface area contributed by atoms with Crippen molar-refractivity contribution in [2.24, 2.45) is 4.36 Å². The highest BCUT2D eigenvalue weighted by atomic mass is 79.9. The van der Waals surface area contributed by atoms with E-state index < -0.39 is 21.4 Å². The summed E-state index contributed by atoms with van der Waals surface area (Å²) in [5.74, 6) is -0.881. The molecule has 0 N–H and O–H groups in total. The molecular formula is C14H13BrF2N2O2S. The molecule has 0 fully saturated rings. The van der Waals surface area contributed by atoms with E-state index in [-0.39, 0.29) is 17.3 Å². The third-order valence-corrected chi connectivity index (χ3v) is 5.29. The molecule has 2 rings (SSSR count). The van der Waals surface area contributed by atoms with Gasteiger partial charge in [-0.1, -0.05) is 0 Å². The number of nitrogens with zero attached hydrogens (tertiary/aromatic N) is 2. The minimum absolute atomic E-state index is 0.0201. The first kappa shape index (κ1) is 16.8. The summed E-state index contributed by atoms with van der Waals surface area (Å²) >= 11 is 3.14. The first-order chi connectivity index (χ1) is 10.3. The number of pyridine rings is 1. The highest BCUT2D eigenvalue weighted by molar-refractivity contribution is 9.10. The van der Waals surface area contributed by atoms with Crippen LogP contribution in [0.1, 0.15) is 5.56 Å². The number of rotatable bonds is 4. The summed E-state index contributed by atoms with van der Waals surface area (Å²) in [6.45, 7) is -0.0201. The van der Waals surface area contributed by atoms with E-state index >= 15 is 0 Å². The third kappa shape index (κ3) is 4.01. The molecule has 1 unspecified atom stereocenters. The molecule has 0 aliphatic heterocycles. The van der Waals surface area contributed by atoms with Crippen LogP contribution in [0.15, 0.2) is 44.3 Å². The molecule has 0 saturated carbocycles. The van der Waals surface area contributed by atoms with Crippen molar-refractivity contribution in [3.8, 4) is 5.75 Å². The van der Waals surface area contributed by atoms with E-state index in [9.17, 15) is 13.0 Å². The van der Waals surface area contributed by atoms with Crippen LogP contribution in [0.5, 0.6) is 5.75 Å². The van der Waals surface area contributed by atoms with Gasteiger partial charge in [0.15, 0.2) is 5.75 Å². The van der Waals surface area contributed by atoms with Crippen LogP contribution >= 0.6 is 15.9 Å². The minimum atomic E-state index is -2.64. The van der Waals surface area contributed by atoms with Gasteiger partial charge in [-0.25, -0.2) is 22.3 Å². The van der Waals surface area contributed by atoms with Gasteiger partial charge >= 0.3 is 0 Å². The van der Waals surface area contributed by atoms with Crippen LogP contribution in [0.2, 0.25) is 0 Å². The number of halogens is 3. The smallest absolute Gasteiger partial charge is 0.155 e. The molecule has 118 valence electrons. The van der Waals surface area contributed by atoms with Gasteiger partial charge in [-0.3, -0.25) is 0 Å². The Morgan fingerprint density at radius 1 is 1.27 bits per heavy atom. The lowest BCUT2D eigenvalue weighted by Gasteiger charge is -2.10. The lowest BCUT2D eigenvalue weighted by atomic mass is 10.2. The fourth-order valence-corrected chi connectivity index (χ4v) is 2.94. The molecule has 1 aromatic heterocycles. The normalized spacial score (nSPS) is 13.5. The number of ether oxygens (including phenoxy) is 1. The van der Waals surface area contributed by atoms with E-state index in [1.54, 1.807) is 6.07 Å². The zero-order valence-electron chi connectivity index (χ0n) is 11.8. The molecule has 1 aromatic carbocycles. The Labute approximate surface area is 135 Å². The van der Waals surface area contributed by atoms with Crippen molar-refractivity contribution in [2.45, 2.75) is 11.5 Å². The summed E-state index contributed by atoms with van der Waals surface area (Å²) in [7, 11) is -1.23. The summed E-state index contributed by atoms with van der Waals surface area (Å²) in [6, 6.07) is 5.16. The predicted molar refractivity (Wildman–Crippen MR) is 83.3 cm³/mol. The van der Waals surface area contributed by atoms with Crippen LogP contribution in [-0.2, 0) is 16.3 Å². The highest BCUT2D eigenvalue weighted by Gasteiger charge is 2.10. The Kier molecular flexibility index (Phi) is 5.12. The second kappa shape index (κ2) is 6.70. The van der Waals surface area contributed by atoms with Crippen molar-refractivity contribution in [1.82, 2.24) is 4.98 Å². The minimum Gasteiger partial charge on any atom is -0.486 e. The van der Waals surface area contributed by atoms with E-state index in [1.807, 2.05) is 0 Å². The first-order valence-corrected chi connectivity index (χ1v) is 8.87. The summed E-state index contributed by atoms with van der Waals surface area (Å²) in [6.07, 6.45) is 2.48. The van der Waals surface area contributed by atoms with Gasteiger partial charge in [0.05, 0.1) is 20.8 Å². The molecule has 22 heavy (non-hydrogen) atoms. The Morgan fingerprint density at radius 2 is 2.00 bits per heavy atom. The van der Waals surface area contributed by atoms with E-state index in [0.717, 1.165) is 6.20 Å². The number of aromatic nitrogens is 1. The number of benzene rings is 1. The van der Waals surface area contributed by atoms with Gasteiger partial charge < -0.3 is 4.74 Å². The van der Waals surface area contributed by atoms with E-state index in [1.165, 1.54) is 31.5 Å². The first-order valence-electron chi connectivity index (χ1n) is 6.15. The van der Waals surface area contributed by atoms with Crippen molar-refractivity contribution in [3.05, 3.63) is 52.3 Å². The van der Waals surface area contributed by atoms with Crippen molar-refractivity contribution in [3.63, 3.8) is 0 Å². The second-order valence-electron chi connectivity index (χ2n) is 4.51. The van der Waals surface area contributed by atoms with Gasteiger partial charge in [-0.2, -0.15) is 0 Å². The summed E-state index contributed by atoms with van der Waals surface area (Å²) < 4.78 is 48.5. The van der Waals surface area contributed by atoms with E-state index in [4.69, 9.17) is 4.74 Å². The molecule has 0 aliphatic rings. The Hall–Kier alpha value is -1.54. The maximum Gasteiger partial charge on any atom is 0.155 e. The Bertz CT molecular complexity index is 820. The van der Waals surface area contributed by atoms with Gasteiger partial charge in [-0.05, 0) is 39.7 Å². The summed E-state index contributed by atoms with van der Waals surface area (Å²) in [4.78, 5) is 4.04. The molecule has 1 heterocycles. The quantitative estimate of drug-likeness (QED) is 0.746. The molecule has 0 amide bonds. The topological polar surface area (TPSA) is 51.5 Å². The Morgan fingerprint density at radius 3 is 2.68 bits per heavy atom. The maximum absolute atomic E-state index is 13.7. The lowest BCUT2D eigenvalue weighted by molar-refractivity contribution is 0.300. The van der Waals surface area contributed by atoms with E-state index in [2.05, 4.69) is 25.3 Å². The van der Waals surface area contributed by atoms with Crippen molar-refractivity contribution < 1.29 is 17.7 Å². The second-order valence-corrected chi connectivity index (χ2v) is 7.70. The average Bonchev–Trinajstić information content (AvgIpc) is 2.47. The van der Waals surface area contributed by atoms with Gasteiger partial charge in [0, 0.05) is 19.4 Å². The van der Waals surface area contributed by atoms with Crippen LogP contribution in [0.4, 0.5) is 8.78 Å². The zero-order chi connectivity index (χ0) is 16.3.